The highest BCUT2D eigenvalue weighted by Gasteiger charge is 2.28. The van der Waals surface area contributed by atoms with Crippen molar-refractivity contribution in [2.75, 3.05) is 26.7 Å². The van der Waals surface area contributed by atoms with E-state index in [2.05, 4.69) is 24.5 Å². The number of rotatable bonds is 9. The molecule has 0 rings (SSSR count). The lowest BCUT2D eigenvalue weighted by Gasteiger charge is -2.22. The second kappa shape index (κ2) is 9.25. The van der Waals surface area contributed by atoms with Gasteiger partial charge in [0.15, 0.2) is 0 Å². The summed E-state index contributed by atoms with van der Waals surface area (Å²) in [7, 11) is 1.42. The van der Waals surface area contributed by atoms with Crippen LogP contribution < -0.4 is 10.6 Å². The zero-order chi connectivity index (χ0) is 16.6. The molecule has 21 heavy (non-hydrogen) atoms. The zero-order valence-corrected chi connectivity index (χ0v) is 13.5. The first-order valence-corrected chi connectivity index (χ1v) is 7.32. The van der Waals surface area contributed by atoms with Gasteiger partial charge >= 0.3 is 6.18 Å². The van der Waals surface area contributed by atoms with Crippen molar-refractivity contribution in [1.29, 1.82) is 0 Å². The van der Waals surface area contributed by atoms with Gasteiger partial charge in [-0.15, -0.1) is 0 Å². The predicted molar refractivity (Wildman–Crippen MR) is 78.1 cm³/mol. The van der Waals surface area contributed by atoms with Crippen LogP contribution in [0.1, 0.15) is 34.1 Å². The molecule has 0 spiro atoms. The van der Waals surface area contributed by atoms with Crippen LogP contribution in [0.5, 0.6) is 0 Å². The molecule has 0 radical (unpaired) electrons. The third kappa shape index (κ3) is 10.5. The van der Waals surface area contributed by atoms with Gasteiger partial charge in [-0.3, -0.25) is 9.69 Å². The number of alkyl halides is 3. The van der Waals surface area contributed by atoms with Crippen molar-refractivity contribution in [2.45, 2.75) is 52.4 Å². The summed E-state index contributed by atoms with van der Waals surface area (Å²) in [5.74, 6) is 0.303. The summed E-state index contributed by atoms with van der Waals surface area (Å²) in [4.78, 5) is 13.0. The van der Waals surface area contributed by atoms with Gasteiger partial charge in [0.25, 0.3) is 0 Å². The van der Waals surface area contributed by atoms with Crippen molar-refractivity contribution in [1.82, 2.24) is 15.5 Å². The van der Waals surface area contributed by atoms with Crippen LogP contribution in [0.2, 0.25) is 0 Å². The average molecular weight is 311 g/mol. The van der Waals surface area contributed by atoms with E-state index in [9.17, 15) is 18.0 Å². The van der Waals surface area contributed by atoms with E-state index in [1.165, 1.54) is 11.9 Å². The number of carbonyl (C=O) groups excluding carboxylic acids is 1. The highest BCUT2D eigenvalue weighted by Crippen LogP contribution is 2.15. The zero-order valence-electron chi connectivity index (χ0n) is 13.5. The Morgan fingerprint density at radius 3 is 2.24 bits per heavy atom. The highest BCUT2D eigenvalue weighted by molar-refractivity contribution is 5.81. The Labute approximate surface area is 125 Å². The lowest BCUT2D eigenvalue weighted by molar-refractivity contribution is -0.143. The molecule has 0 aromatic carbocycles. The summed E-state index contributed by atoms with van der Waals surface area (Å²) < 4.78 is 36.3. The Morgan fingerprint density at radius 1 is 1.19 bits per heavy atom. The minimum Gasteiger partial charge on any atom is -0.355 e. The van der Waals surface area contributed by atoms with Crippen LogP contribution in [0.25, 0.3) is 0 Å². The number of hydrogen-bond acceptors (Lipinski definition) is 3. The van der Waals surface area contributed by atoms with Gasteiger partial charge in [0.1, 0.15) is 0 Å². The molecule has 0 bridgehead atoms. The lowest BCUT2D eigenvalue weighted by Crippen LogP contribution is -2.47. The van der Waals surface area contributed by atoms with Gasteiger partial charge in [0, 0.05) is 12.6 Å². The monoisotopic (exact) mass is 311 g/mol. The molecular formula is C14H28F3N3O. The number of nitrogens with zero attached hydrogens (tertiary/aromatic N) is 1. The van der Waals surface area contributed by atoms with E-state index >= 15 is 0 Å². The minimum absolute atomic E-state index is 0.124. The predicted octanol–water partition coefficient (Wildman–Crippen LogP) is 2.01. The molecule has 0 aliphatic heterocycles. The first-order valence-electron chi connectivity index (χ1n) is 7.32. The van der Waals surface area contributed by atoms with Crippen LogP contribution in [-0.4, -0.2) is 55.7 Å². The second-order valence-electron chi connectivity index (χ2n) is 5.92. The number of amides is 1. The maximum atomic E-state index is 12.1. The Bertz CT molecular complexity index is 308. The Hall–Kier alpha value is -0.820. The third-order valence-electron chi connectivity index (χ3n) is 3.37. The Balaban J connectivity index is 3.84. The van der Waals surface area contributed by atoms with Crippen molar-refractivity contribution in [3.63, 3.8) is 0 Å². The Morgan fingerprint density at radius 2 is 1.76 bits per heavy atom. The fourth-order valence-electron chi connectivity index (χ4n) is 1.76. The highest BCUT2D eigenvalue weighted by atomic mass is 19.4. The molecule has 0 aromatic heterocycles. The fraction of sp³-hybridized carbons (Fsp3) is 0.929. The first kappa shape index (κ1) is 20.2. The van der Waals surface area contributed by atoms with Gasteiger partial charge in [-0.2, -0.15) is 13.2 Å². The van der Waals surface area contributed by atoms with Crippen molar-refractivity contribution in [3.8, 4) is 0 Å². The van der Waals surface area contributed by atoms with Crippen molar-refractivity contribution < 1.29 is 18.0 Å². The topological polar surface area (TPSA) is 44.4 Å². The molecule has 7 heteroatoms. The summed E-state index contributed by atoms with van der Waals surface area (Å²) in [5, 5.41) is 5.92. The van der Waals surface area contributed by atoms with Gasteiger partial charge in [0.05, 0.1) is 12.6 Å². The van der Waals surface area contributed by atoms with Crippen LogP contribution in [0.4, 0.5) is 13.2 Å². The van der Waals surface area contributed by atoms with Gasteiger partial charge in [-0.1, -0.05) is 13.8 Å². The molecule has 2 atom stereocenters. The van der Waals surface area contributed by atoms with E-state index in [1.54, 1.807) is 6.92 Å². The molecule has 0 aliphatic carbocycles. The SMILES string of the molecule is CC(C)[C@@H](C)N[C@@H](C)C(=O)NCCCN(C)CC(F)(F)F. The van der Waals surface area contributed by atoms with Gasteiger partial charge in [0.2, 0.25) is 5.91 Å². The maximum absolute atomic E-state index is 12.1. The molecule has 4 nitrogen and oxygen atoms in total. The van der Waals surface area contributed by atoms with Crippen LogP contribution in [0.15, 0.2) is 0 Å². The number of halogens is 3. The normalized spacial score (nSPS) is 15.3. The van der Waals surface area contributed by atoms with Crippen molar-refractivity contribution in [2.24, 2.45) is 5.92 Å². The minimum atomic E-state index is -4.18. The van der Waals surface area contributed by atoms with Crippen molar-refractivity contribution in [3.05, 3.63) is 0 Å². The number of carbonyl (C=O) groups is 1. The Kier molecular flexibility index (Phi) is 8.89. The summed E-state index contributed by atoms with van der Waals surface area (Å²) in [6.45, 7) is 7.68. The molecule has 0 fully saturated rings. The molecule has 0 saturated heterocycles. The summed E-state index contributed by atoms with van der Waals surface area (Å²) in [5.41, 5.74) is 0. The summed E-state index contributed by atoms with van der Waals surface area (Å²) in [6, 6.07) is -0.0843. The molecule has 0 unspecified atom stereocenters. The van der Waals surface area contributed by atoms with E-state index in [4.69, 9.17) is 0 Å². The smallest absolute Gasteiger partial charge is 0.355 e. The average Bonchev–Trinajstić information content (AvgIpc) is 2.31. The van der Waals surface area contributed by atoms with Gasteiger partial charge in [-0.25, -0.2) is 0 Å². The summed E-state index contributed by atoms with van der Waals surface area (Å²) >= 11 is 0. The first-order chi connectivity index (χ1) is 9.53. The summed E-state index contributed by atoms with van der Waals surface area (Å²) in [6.07, 6.45) is -3.69. The van der Waals surface area contributed by atoms with Gasteiger partial charge in [-0.05, 0) is 39.8 Å². The van der Waals surface area contributed by atoms with Gasteiger partial charge < -0.3 is 10.6 Å². The van der Waals surface area contributed by atoms with Crippen LogP contribution >= 0.6 is 0 Å². The molecule has 0 aromatic rings. The standard InChI is InChI=1S/C14H28F3N3O/c1-10(2)11(3)19-12(4)13(21)18-7-6-8-20(5)9-14(15,16)17/h10-12,19H,6-9H2,1-5H3,(H,18,21)/t11-,12+/m1/s1. The number of nitrogens with one attached hydrogen (secondary N) is 2. The molecular weight excluding hydrogens is 283 g/mol. The third-order valence-corrected chi connectivity index (χ3v) is 3.37. The van der Waals surface area contributed by atoms with E-state index in [0.29, 0.717) is 25.4 Å². The largest absolute Gasteiger partial charge is 0.401 e. The molecule has 1 amide bonds. The second-order valence-corrected chi connectivity index (χ2v) is 5.92. The van der Waals surface area contributed by atoms with E-state index < -0.39 is 12.7 Å². The van der Waals surface area contributed by atoms with E-state index in [-0.39, 0.29) is 18.0 Å². The number of hydrogen-bond donors (Lipinski definition) is 2. The van der Waals surface area contributed by atoms with Crippen molar-refractivity contribution >= 4 is 5.91 Å². The lowest BCUT2D eigenvalue weighted by atomic mass is 10.1. The molecule has 126 valence electrons. The molecule has 2 N–H and O–H groups in total. The van der Waals surface area contributed by atoms with E-state index in [1.807, 2.05) is 6.92 Å². The van der Waals surface area contributed by atoms with Crippen LogP contribution in [0, 0.1) is 5.92 Å². The molecule has 0 aliphatic rings. The van der Waals surface area contributed by atoms with E-state index in [0.717, 1.165) is 0 Å². The van der Waals surface area contributed by atoms with Crippen LogP contribution in [0.3, 0.4) is 0 Å². The molecule has 0 saturated carbocycles. The van der Waals surface area contributed by atoms with Crippen LogP contribution in [-0.2, 0) is 4.79 Å². The molecule has 0 heterocycles. The maximum Gasteiger partial charge on any atom is 0.401 e. The fourth-order valence-corrected chi connectivity index (χ4v) is 1.76. The quantitative estimate of drug-likeness (QED) is 0.640.